The molecule has 2 atom stereocenters. The van der Waals surface area contributed by atoms with Gasteiger partial charge in [0.2, 0.25) is 0 Å². The molecule has 3 rings (SSSR count). The van der Waals surface area contributed by atoms with Crippen LogP contribution < -0.4 is 5.32 Å². The highest BCUT2D eigenvalue weighted by atomic mass is 15.2. The molecule has 1 N–H and O–H groups in total. The summed E-state index contributed by atoms with van der Waals surface area (Å²) in [5.74, 6) is 0. The molecule has 0 amide bonds. The molecule has 1 aliphatic rings. The van der Waals surface area contributed by atoms with Crippen LogP contribution in [0.15, 0.2) is 42.5 Å². The Hall–Kier alpha value is -1.64. The number of rotatable bonds is 5. The van der Waals surface area contributed by atoms with Crippen LogP contribution in [-0.4, -0.2) is 24.0 Å². The van der Waals surface area contributed by atoms with E-state index >= 15 is 0 Å². The molecule has 0 saturated carbocycles. The lowest BCUT2D eigenvalue weighted by molar-refractivity contribution is 0.316. The van der Waals surface area contributed by atoms with Gasteiger partial charge in [0.1, 0.15) is 0 Å². The first-order valence-corrected chi connectivity index (χ1v) is 9.13. The van der Waals surface area contributed by atoms with Gasteiger partial charge in [-0.3, -0.25) is 4.90 Å². The smallest absolute Gasteiger partial charge is 0.0297 e. The summed E-state index contributed by atoms with van der Waals surface area (Å²) in [7, 11) is 0. The molecule has 0 radical (unpaired) electrons. The molecule has 0 spiro atoms. The molecule has 0 aromatic heterocycles. The maximum atomic E-state index is 3.86. The van der Waals surface area contributed by atoms with Crippen molar-refractivity contribution >= 4 is 0 Å². The maximum absolute atomic E-state index is 3.86. The van der Waals surface area contributed by atoms with Crippen LogP contribution in [-0.2, 0) is 6.54 Å². The first kappa shape index (κ1) is 17.2. The van der Waals surface area contributed by atoms with Gasteiger partial charge in [-0.2, -0.15) is 0 Å². The van der Waals surface area contributed by atoms with Crippen molar-refractivity contribution in [1.29, 1.82) is 0 Å². The van der Waals surface area contributed by atoms with Gasteiger partial charge in [0.25, 0.3) is 0 Å². The molecular weight excluding hydrogens is 292 g/mol. The molecule has 128 valence electrons. The van der Waals surface area contributed by atoms with Crippen LogP contribution in [0.1, 0.15) is 47.2 Å². The van der Waals surface area contributed by atoms with Gasteiger partial charge in [0.15, 0.2) is 0 Å². The Morgan fingerprint density at radius 3 is 2.50 bits per heavy atom. The van der Waals surface area contributed by atoms with Crippen molar-refractivity contribution in [3.05, 3.63) is 70.3 Å². The van der Waals surface area contributed by atoms with E-state index in [0.29, 0.717) is 12.1 Å². The molecule has 2 heteroatoms. The number of nitrogens with one attached hydrogen (secondary N) is 1. The van der Waals surface area contributed by atoms with Gasteiger partial charge in [0.05, 0.1) is 0 Å². The molecule has 0 aliphatic carbocycles. The molecule has 1 heterocycles. The number of aryl methyl sites for hydroxylation is 3. The van der Waals surface area contributed by atoms with E-state index in [1.807, 2.05) is 0 Å². The Kier molecular flexibility index (Phi) is 5.37. The number of hydrogen-bond acceptors (Lipinski definition) is 2. The first-order valence-electron chi connectivity index (χ1n) is 9.13. The Morgan fingerprint density at radius 2 is 1.75 bits per heavy atom. The van der Waals surface area contributed by atoms with Crippen molar-refractivity contribution in [2.75, 3.05) is 13.1 Å². The number of nitrogens with zero attached hydrogens (tertiary/aromatic N) is 1. The second-order valence-electron chi connectivity index (χ2n) is 7.39. The van der Waals surface area contributed by atoms with Crippen molar-refractivity contribution in [3.63, 3.8) is 0 Å². The quantitative estimate of drug-likeness (QED) is 0.869. The lowest BCUT2D eigenvalue weighted by atomic mass is 9.96. The minimum absolute atomic E-state index is 0.408. The summed E-state index contributed by atoms with van der Waals surface area (Å²) >= 11 is 0. The summed E-state index contributed by atoms with van der Waals surface area (Å²) in [6.45, 7) is 12.3. The fourth-order valence-corrected chi connectivity index (χ4v) is 3.85. The third-order valence-corrected chi connectivity index (χ3v) is 5.36. The summed E-state index contributed by atoms with van der Waals surface area (Å²) in [4.78, 5) is 2.56. The van der Waals surface area contributed by atoms with Crippen LogP contribution in [0.2, 0.25) is 0 Å². The van der Waals surface area contributed by atoms with Gasteiger partial charge in [0, 0.05) is 31.7 Å². The van der Waals surface area contributed by atoms with Crippen LogP contribution in [0.4, 0.5) is 0 Å². The van der Waals surface area contributed by atoms with E-state index in [0.717, 1.165) is 13.1 Å². The molecule has 2 aromatic carbocycles. The largest absolute Gasteiger partial charge is 0.306 e. The second-order valence-corrected chi connectivity index (χ2v) is 7.39. The molecule has 1 aliphatic heterocycles. The van der Waals surface area contributed by atoms with Gasteiger partial charge in [-0.25, -0.2) is 0 Å². The number of hydrogen-bond donors (Lipinski definition) is 1. The van der Waals surface area contributed by atoms with E-state index in [1.165, 1.54) is 40.8 Å². The summed E-state index contributed by atoms with van der Waals surface area (Å²) in [6.07, 6.45) is 1.24. The molecule has 24 heavy (non-hydrogen) atoms. The van der Waals surface area contributed by atoms with E-state index < -0.39 is 0 Å². The predicted molar refractivity (Wildman–Crippen MR) is 102 cm³/mol. The summed E-state index contributed by atoms with van der Waals surface area (Å²) in [6, 6.07) is 16.5. The Balaban J connectivity index is 1.58. The van der Waals surface area contributed by atoms with E-state index in [2.05, 4.69) is 80.4 Å². The maximum Gasteiger partial charge on any atom is 0.0297 e. The second kappa shape index (κ2) is 7.50. The summed E-state index contributed by atoms with van der Waals surface area (Å²) < 4.78 is 0. The van der Waals surface area contributed by atoms with Crippen LogP contribution in [0.5, 0.6) is 0 Å². The molecular formula is C22H30N2. The Morgan fingerprint density at radius 1 is 1.04 bits per heavy atom. The molecule has 0 bridgehead atoms. The average molecular weight is 322 g/mol. The van der Waals surface area contributed by atoms with Crippen molar-refractivity contribution in [3.8, 4) is 0 Å². The van der Waals surface area contributed by atoms with E-state index in [1.54, 1.807) is 0 Å². The molecule has 1 fully saturated rings. The van der Waals surface area contributed by atoms with Crippen LogP contribution >= 0.6 is 0 Å². The molecule has 2 nitrogen and oxygen atoms in total. The topological polar surface area (TPSA) is 15.3 Å². The van der Waals surface area contributed by atoms with Crippen LogP contribution in [0.3, 0.4) is 0 Å². The zero-order valence-corrected chi connectivity index (χ0v) is 15.5. The zero-order chi connectivity index (χ0) is 17.1. The summed E-state index contributed by atoms with van der Waals surface area (Å²) in [5.41, 5.74) is 7.03. The normalized spacial score (nSPS) is 19.6. The van der Waals surface area contributed by atoms with E-state index in [9.17, 15) is 0 Å². The first-order chi connectivity index (χ1) is 11.5. The van der Waals surface area contributed by atoms with Gasteiger partial charge in [-0.15, -0.1) is 0 Å². The third-order valence-electron chi connectivity index (χ3n) is 5.36. The summed E-state index contributed by atoms with van der Waals surface area (Å²) in [5, 5.41) is 3.86. The standard InChI is InChI=1S/C22H30N2/c1-16-12-18(3)22(13-17(16)2)19(4)23-21-10-11-24(15-21)14-20-8-6-5-7-9-20/h5-9,12-13,19,21,23H,10-11,14-15H2,1-4H3. The van der Waals surface area contributed by atoms with Gasteiger partial charge in [-0.1, -0.05) is 42.5 Å². The minimum atomic E-state index is 0.408. The Labute approximate surface area is 146 Å². The van der Waals surface area contributed by atoms with Crippen molar-refractivity contribution in [2.24, 2.45) is 0 Å². The predicted octanol–water partition coefficient (Wildman–Crippen LogP) is 4.54. The minimum Gasteiger partial charge on any atom is -0.306 e. The van der Waals surface area contributed by atoms with Crippen molar-refractivity contribution in [2.45, 2.75) is 52.7 Å². The number of benzene rings is 2. The zero-order valence-electron chi connectivity index (χ0n) is 15.5. The molecule has 2 unspecified atom stereocenters. The van der Waals surface area contributed by atoms with Crippen molar-refractivity contribution < 1.29 is 0 Å². The van der Waals surface area contributed by atoms with E-state index in [-0.39, 0.29) is 0 Å². The molecule has 2 aromatic rings. The molecule has 1 saturated heterocycles. The highest BCUT2D eigenvalue weighted by Crippen LogP contribution is 2.23. The lowest BCUT2D eigenvalue weighted by Crippen LogP contribution is -2.34. The van der Waals surface area contributed by atoms with Crippen molar-refractivity contribution in [1.82, 2.24) is 10.2 Å². The van der Waals surface area contributed by atoms with Gasteiger partial charge in [-0.05, 0) is 61.9 Å². The highest BCUT2D eigenvalue weighted by Gasteiger charge is 2.24. The van der Waals surface area contributed by atoms with Crippen LogP contribution in [0.25, 0.3) is 0 Å². The van der Waals surface area contributed by atoms with Gasteiger partial charge >= 0.3 is 0 Å². The highest BCUT2D eigenvalue weighted by molar-refractivity contribution is 5.38. The fraction of sp³-hybridized carbons (Fsp3) is 0.455. The Bertz CT molecular complexity index is 678. The SMILES string of the molecule is Cc1cc(C)c(C(C)NC2CCN(Cc3ccccc3)C2)cc1C. The average Bonchev–Trinajstić information content (AvgIpc) is 2.98. The number of likely N-dealkylation sites (tertiary alicyclic amines) is 1. The fourth-order valence-electron chi connectivity index (χ4n) is 3.85. The van der Waals surface area contributed by atoms with Crippen LogP contribution in [0, 0.1) is 20.8 Å². The lowest BCUT2D eigenvalue weighted by Gasteiger charge is -2.23. The third kappa shape index (κ3) is 4.06. The van der Waals surface area contributed by atoms with E-state index in [4.69, 9.17) is 0 Å². The monoisotopic (exact) mass is 322 g/mol. The van der Waals surface area contributed by atoms with Gasteiger partial charge < -0.3 is 5.32 Å².